The summed E-state index contributed by atoms with van der Waals surface area (Å²) in [4.78, 5) is 46.7. The highest BCUT2D eigenvalue weighted by molar-refractivity contribution is 6.14. The maximum Gasteiger partial charge on any atom is 0.326 e. The Morgan fingerprint density at radius 1 is 1.12 bits per heavy atom. The van der Waals surface area contributed by atoms with E-state index in [9.17, 15) is 19.2 Å². The van der Waals surface area contributed by atoms with Crippen molar-refractivity contribution in [3.8, 4) is 23.0 Å². The van der Waals surface area contributed by atoms with Crippen LogP contribution in [0.3, 0.4) is 0 Å². The number of rotatable bonds is 10. The average Bonchev–Trinajstić information content (AvgIpc) is 3.11. The Kier molecular flexibility index (Phi) is 7.36. The van der Waals surface area contributed by atoms with E-state index >= 15 is 0 Å². The summed E-state index contributed by atoms with van der Waals surface area (Å²) < 4.78 is 21.5. The summed E-state index contributed by atoms with van der Waals surface area (Å²) in [5, 5.41) is 11.2. The molecular formula is C23H22N2O9. The number of hydrogen-bond acceptors (Lipinski definition) is 8. The van der Waals surface area contributed by atoms with Crippen LogP contribution in [0.1, 0.15) is 22.3 Å². The second-order valence-electron chi connectivity index (χ2n) is 7.13. The second-order valence-corrected chi connectivity index (χ2v) is 7.13. The molecule has 1 aliphatic rings. The third-order valence-corrected chi connectivity index (χ3v) is 4.76. The lowest BCUT2D eigenvalue weighted by atomic mass is 10.1. The van der Waals surface area contributed by atoms with Crippen molar-refractivity contribution in [1.82, 2.24) is 5.32 Å². The Bertz CT molecular complexity index is 1170. The summed E-state index contributed by atoms with van der Waals surface area (Å²) in [5.41, 5.74) is 5.95. The molecule has 0 fully saturated rings. The van der Waals surface area contributed by atoms with E-state index < -0.39 is 36.9 Å². The van der Waals surface area contributed by atoms with Gasteiger partial charge in [-0.2, -0.15) is 0 Å². The van der Waals surface area contributed by atoms with Crippen LogP contribution < -0.4 is 30.0 Å². The van der Waals surface area contributed by atoms with Crippen molar-refractivity contribution in [2.45, 2.75) is 12.5 Å². The zero-order chi connectivity index (χ0) is 24.8. The number of primary amides is 1. The molecule has 2 aromatic rings. The number of benzene rings is 2. The van der Waals surface area contributed by atoms with Crippen molar-refractivity contribution in [3.05, 3.63) is 53.3 Å². The van der Waals surface area contributed by atoms with Crippen molar-refractivity contribution in [1.29, 1.82) is 0 Å². The minimum atomic E-state index is -1.46. The summed E-state index contributed by atoms with van der Waals surface area (Å²) >= 11 is 0. The van der Waals surface area contributed by atoms with Gasteiger partial charge in [-0.15, -0.1) is 0 Å². The zero-order valence-electron chi connectivity index (χ0n) is 18.3. The molecule has 0 radical (unpaired) electrons. The van der Waals surface area contributed by atoms with Crippen LogP contribution in [0, 0.1) is 0 Å². The van der Waals surface area contributed by atoms with Crippen molar-refractivity contribution >= 4 is 29.6 Å². The van der Waals surface area contributed by atoms with Gasteiger partial charge < -0.3 is 35.1 Å². The summed E-state index contributed by atoms with van der Waals surface area (Å²) in [5.74, 6) is -1.77. The Morgan fingerprint density at radius 2 is 1.85 bits per heavy atom. The van der Waals surface area contributed by atoms with E-state index in [0.717, 1.165) is 0 Å². The number of carbonyl (C=O) groups excluding carboxylic acids is 3. The zero-order valence-corrected chi connectivity index (χ0v) is 18.3. The second kappa shape index (κ2) is 10.4. The van der Waals surface area contributed by atoms with Gasteiger partial charge in [0.15, 0.2) is 23.9 Å². The van der Waals surface area contributed by atoms with Gasteiger partial charge in [0, 0.05) is 6.07 Å². The van der Waals surface area contributed by atoms with Crippen LogP contribution in [0.15, 0.2) is 42.2 Å². The smallest absolute Gasteiger partial charge is 0.326 e. The normalized spacial score (nSPS) is 14.1. The lowest BCUT2D eigenvalue weighted by Crippen LogP contribution is -2.45. The number of fused-ring (bicyclic) bond motifs is 1. The number of ketones is 1. The van der Waals surface area contributed by atoms with Crippen LogP contribution in [0.4, 0.5) is 0 Å². The van der Waals surface area contributed by atoms with Crippen molar-refractivity contribution in [3.63, 3.8) is 0 Å². The lowest BCUT2D eigenvalue weighted by Gasteiger charge is -2.13. The first-order chi connectivity index (χ1) is 16.2. The van der Waals surface area contributed by atoms with Gasteiger partial charge >= 0.3 is 5.97 Å². The van der Waals surface area contributed by atoms with Gasteiger partial charge in [0.1, 0.15) is 17.5 Å². The quantitative estimate of drug-likeness (QED) is 0.432. The molecule has 0 saturated carbocycles. The van der Waals surface area contributed by atoms with Crippen molar-refractivity contribution in [2.75, 3.05) is 20.8 Å². The number of carboxylic acids is 1. The maximum absolute atomic E-state index is 12.7. The summed E-state index contributed by atoms with van der Waals surface area (Å²) in [7, 11) is 3.02. The fourth-order valence-corrected chi connectivity index (χ4v) is 3.14. The average molecular weight is 470 g/mol. The first kappa shape index (κ1) is 24.1. The number of methoxy groups -OCH3 is 2. The molecule has 34 heavy (non-hydrogen) atoms. The van der Waals surface area contributed by atoms with Gasteiger partial charge in [0.25, 0.3) is 5.91 Å². The van der Waals surface area contributed by atoms with Crippen molar-refractivity contribution < 1.29 is 43.2 Å². The van der Waals surface area contributed by atoms with Gasteiger partial charge in [0.2, 0.25) is 11.7 Å². The van der Waals surface area contributed by atoms with Crippen LogP contribution in [0.5, 0.6) is 23.0 Å². The van der Waals surface area contributed by atoms with E-state index in [1.165, 1.54) is 32.4 Å². The summed E-state index contributed by atoms with van der Waals surface area (Å²) in [6, 6.07) is 8.09. The molecule has 4 N–H and O–H groups in total. The number of nitrogens with one attached hydrogen (secondary N) is 1. The molecule has 2 aromatic carbocycles. The fraction of sp³-hybridized carbons (Fsp3) is 0.217. The predicted molar refractivity (Wildman–Crippen MR) is 118 cm³/mol. The Morgan fingerprint density at radius 3 is 2.50 bits per heavy atom. The molecule has 2 amide bonds. The Balaban J connectivity index is 1.67. The number of aliphatic carboxylic acids is 1. The molecule has 0 aliphatic carbocycles. The van der Waals surface area contributed by atoms with Crippen LogP contribution >= 0.6 is 0 Å². The standard InChI is InChI=1S/C23H22N2O9/c1-31-16-6-3-12(7-18(16)32-2)8-19-22(28)14-5-4-13(9-17(14)34-19)33-11-21(27)25-15(23(29)30)10-20(24)26/h3-9,15H,10-11H2,1-2H3,(H2,24,26)(H,25,27)(H,29,30)/b19-8-/t15-/m1/s1. The van der Waals surface area contributed by atoms with Crippen LogP contribution in [0.2, 0.25) is 0 Å². The molecule has 3 rings (SSSR count). The van der Waals surface area contributed by atoms with Gasteiger partial charge in [0.05, 0.1) is 26.2 Å². The van der Waals surface area contributed by atoms with Gasteiger partial charge in [-0.3, -0.25) is 14.4 Å². The topological polar surface area (TPSA) is 163 Å². The lowest BCUT2D eigenvalue weighted by molar-refractivity contribution is -0.143. The highest BCUT2D eigenvalue weighted by Gasteiger charge is 2.28. The number of allylic oxidation sites excluding steroid dienone is 1. The number of nitrogens with two attached hydrogens (primary N) is 1. The molecular weight excluding hydrogens is 448 g/mol. The molecule has 1 atom stereocenters. The largest absolute Gasteiger partial charge is 0.493 e. The predicted octanol–water partition coefficient (Wildman–Crippen LogP) is 1.14. The van der Waals surface area contributed by atoms with Gasteiger partial charge in [-0.25, -0.2) is 4.79 Å². The van der Waals surface area contributed by atoms with Gasteiger partial charge in [-0.1, -0.05) is 6.07 Å². The van der Waals surface area contributed by atoms with E-state index in [1.807, 2.05) is 0 Å². The number of carbonyl (C=O) groups is 4. The van der Waals surface area contributed by atoms with Crippen LogP contribution in [-0.2, 0) is 14.4 Å². The first-order valence-corrected chi connectivity index (χ1v) is 9.95. The molecule has 0 aromatic heterocycles. The highest BCUT2D eigenvalue weighted by atomic mass is 16.5. The highest BCUT2D eigenvalue weighted by Crippen LogP contribution is 2.36. The van der Waals surface area contributed by atoms with Crippen LogP contribution in [-0.4, -0.2) is 55.5 Å². The number of amides is 2. The minimum Gasteiger partial charge on any atom is -0.493 e. The van der Waals surface area contributed by atoms with E-state index in [-0.39, 0.29) is 23.0 Å². The SMILES string of the molecule is COc1ccc(/C=C2\Oc3cc(OCC(=O)N[C@H](CC(N)=O)C(=O)O)ccc3C2=O)cc1OC. The number of ether oxygens (including phenoxy) is 4. The number of carboxylic acid groups (broad SMARTS) is 1. The minimum absolute atomic E-state index is 0.0906. The Hall–Kier alpha value is -4.54. The molecule has 1 heterocycles. The number of Topliss-reactive ketones (excluding diaryl/α,β-unsaturated/α-hetero) is 1. The Labute approximate surface area is 194 Å². The van der Waals surface area contributed by atoms with Gasteiger partial charge in [-0.05, 0) is 35.9 Å². The van der Waals surface area contributed by atoms with E-state index in [2.05, 4.69) is 5.32 Å². The molecule has 0 saturated heterocycles. The number of hydrogen-bond donors (Lipinski definition) is 3. The summed E-state index contributed by atoms with van der Waals surface area (Å²) in [6.45, 7) is -0.524. The molecule has 11 nitrogen and oxygen atoms in total. The van der Waals surface area contributed by atoms with Crippen LogP contribution in [0.25, 0.3) is 6.08 Å². The van der Waals surface area contributed by atoms with E-state index in [1.54, 1.807) is 24.3 Å². The first-order valence-electron chi connectivity index (χ1n) is 9.95. The molecule has 0 spiro atoms. The monoisotopic (exact) mass is 470 g/mol. The fourth-order valence-electron chi connectivity index (χ4n) is 3.14. The van der Waals surface area contributed by atoms with Crippen molar-refractivity contribution in [2.24, 2.45) is 5.73 Å². The molecule has 0 bridgehead atoms. The summed E-state index contributed by atoms with van der Waals surface area (Å²) in [6.07, 6.45) is 1.01. The molecule has 0 unspecified atom stereocenters. The van der Waals surface area contributed by atoms with E-state index in [4.69, 9.17) is 29.8 Å². The third-order valence-electron chi connectivity index (χ3n) is 4.76. The third kappa shape index (κ3) is 5.63. The molecule has 11 heteroatoms. The molecule has 1 aliphatic heterocycles. The molecule has 178 valence electrons. The maximum atomic E-state index is 12.7. The van der Waals surface area contributed by atoms with E-state index in [0.29, 0.717) is 22.6 Å².